The molecule has 1 amide bonds. The third-order valence-electron chi connectivity index (χ3n) is 4.61. The molecule has 1 fully saturated rings. The lowest BCUT2D eigenvalue weighted by atomic mass is 9.89. The minimum absolute atomic E-state index is 0.0221. The Morgan fingerprint density at radius 3 is 2.78 bits per heavy atom. The van der Waals surface area contributed by atoms with E-state index in [-0.39, 0.29) is 5.91 Å². The average molecular weight is 317 g/mol. The number of aromatic nitrogens is 4. The molecule has 0 bridgehead atoms. The van der Waals surface area contributed by atoms with Crippen molar-refractivity contribution >= 4 is 5.91 Å². The molecule has 0 spiro atoms. The smallest absolute Gasteiger partial charge is 0.270 e. The van der Waals surface area contributed by atoms with Crippen molar-refractivity contribution in [3.63, 3.8) is 0 Å². The Balaban J connectivity index is 1.78. The number of likely N-dealkylation sites (tertiary alicyclic amines) is 1. The molecule has 0 aromatic carbocycles. The molecule has 2 aromatic heterocycles. The highest BCUT2D eigenvalue weighted by atomic mass is 16.3. The predicted octanol–water partition coefficient (Wildman–Crippen LogP) is 0.672. The van der Waals surface area contributed by atoms with Gasteiger partial charge >= 0.3 is 0 Å². The molecule has 7 nitrogen and oxygen atoms in total. The van der Waals surface area contributed by atoms with Crippen LogP contribution in [-0.2, 0) is 20.5 Å². The summed E-state index contributed by atoms with van der Waals surface area (Å²) in [7, 11) is 3.73. The Hall–Kier alpha value is -2.15. The number of nitrogens with zero attached hydrogens (tertiary/aromatic N) is 5. The lowest BCUT2D eigenvalue weighted by Crippen LogP contribution is -2.52. The van der Waals surface area contributed by atoms with Crippen molar-refractivity contribution in [1.29, 1.82) is 0 Å². The molecule has 0 aliphatic carbocycles. The summed E-state index contributed by atoms with van der Waals surface area (Å²) in [5, 5.41) is 18.8. The summed E-state index contributed by atoms with van der Waals surface area (Å²) < 4.78 is 3.65. The number of carbonyl (C=O) groups excluding carboxylic acids is 1. The van der Waals surface area contributed by atoms with Crippen molar-refractivity contribution in [3.8, 4) is 0 Å². The number of piperidine rings is 1. The Kier molecular flexibility index (Phi) is 3.97. The first-order valence-corrected chi connectivity index (χ1v) is 7.86. The van der Waals surface area contributed by atoms with E-state index in [9.17, 15) is 9.90 Å². The zero-order valence-corrected chi connectivity index (χ0v) is 13.9. The first kappa shape index (κ1) is 15.7. The van der Waals surface area contributed by atoms with Crippen molar-refractivity contribution in [2.75, 3.05) is 13.1 Å². The van der Waals surface area contributed by atoms with Crippen molar-refractivity contribution < 1.29 is 9.90 Å². The van der Waals surface area contributed by atoms with Crippen LogP contribution in [0, 0.1) is 6.92 Å². The molecular weight excluding hydrogens is 294 g/mol. The van der Waals surface area contributed by atoms with E-state index in [1.165, 1.54) is 0 Å². The van der Waals surface area contributed by atoms with Gasteiger partial charge in [-0.15, -0.1) is 10.2 Å². The van der Waals surface area contributed by atoms with Crippen molar-refractivity contribution in [1.82, 2.24) is 24.2 Å². The molecule has 1 unspecified atom stereocenters. The van der Waals surface area contributed by atoms with E-state index in [0.717, 1.165) is 17.8 Å². The van der Waals surface area contributed by atoms with Crippen LogP contribution in [0.2, 0.25) is 0 Å². The zero-order valence-electron chi connectivity index (χ0n) is 13.9. The van der Waals surface area contributed by atoms with Crippen molar-refractivity contribution in [2.24, 2.45) is 14.1 Å². The van der Waals surface area contributed by atoms with Crippen molar-refractivity contribution in [3.05, 3.63) is 35.7 Å². The summed E-state index contributed by atoms with van der Waals surface area (Å²) in [6.07, 6.45) is 5.36. The summed E-state index contributed by atoms with van der Waals surface area (Å²) in [6.45, 7) is 2.93. The molecule has 1 aliphatic heterocycles. The number of carbonyl (C=O) groups is 1. The molecule has 1 N–H and O–H groups in total. The maximum atomic E-state index is 12.8. The van der Waals surface area contributed by atoms with E-state index in [2.05, 4.69) is 10.2 Å². The van der Waals surface area contributed by atoms with Gasteiger partial charge in [0.25, 0.3) is 5.91 Å². The van der Waals surface area contributed by atoms with Crippen molar-refractivity contribution in [2.45, 2.75) is 31.8 Å². The van der Waals surface area contributed by atoms with Gasteiger partial charge in [0, 0.05) is 33.3 Å². The van der Waals surface area contributed by atoms with Crippen LogP contribution in [0.15, 0.2) is 18.6 Å². The van der Waals surface area contributed by atoms with Gasteiger partial charge in [-0.2, -0.15) is 0 Å². The molecule has 3 rings (SSSR count). The van der Waals surface area contributed by atoms with E-state index in [0.29, 0.717) is 31.6 Å². The van der Waals surface area contributed by atoms with Gasteiger partial charge in [-0.05, 0) is 31.4 Å². The summed E-state index contributed by atoms with van der Waals surface area (Å²) >= 11 is 0. The van der Waals surface area contributed by atoms with Gasteiger partial charge in [-0.25, -0.2) is 0 Å². The second-order valence-corrected chi connectivity index (χ2v) is 6.55. The first-order valence-electron chi connectivity index (χ1n) is 7.86. The fraction of sp³-hybridized carbons (Fsp3) is 0.562. The minimum Gasteiger partial charge on any atom is -0.388 e. The van der Waals surface area contributed by atoms with Crippen LogP contribution < -0.4 is 0 Å². The third kappa shape index (κ3) is 3.01. The zero-order chi connectivity index (χ0) is 16.6. The van der Waals surface area contributed by atoms with Crippen LogP contribution in [0.5, 0.6) is 0 Å². The number of amides is 1. The first-order chi connectivity index (χ1) is 10.9. The molecule has 7 heteroatoms. The van der Waals surface area contributed by atoms with Crippen LogP contribution in [0.3, 0.4) is 0 Å². The van der Waals surface area contributed by atoms with Crippen LogP contribution in [0.4, 0.5) is 0 Å². The van der Waals surface area contributed by atoms with E-state index in [4.69, 9.17) is 0 Å². The number of aryl methyl sites for hydroxylation is 3. The molecular formula is C16H23N5O2. The molecule has 2 aromatic rings. The van der Waals surface area contributed by atoms with Crippen LogP contribution in [0.25, 0.3) is 0 Å². The fourth-order valence-corrected chi connectivity index (χ4v) is 3.32. The highest BCUT2D eigenvalue weighted by Gasteiger charge is 2.37. The summed E-state index contributed by atoms with van der Waals surface area (Å²) in [5.41, 5.74) is 0.696. The molecule has 1 aliphatic rings. The highest BCUT2D eigenvalue weighted by molar-refractivity contribution is 5.94. The largest absolute Gasteiger partial charge is 0.388 e. The molecule has 1 atom stereocenters. The monoisotopic (exact) mass is 317 g/mol. The average Bonchev–Trinajstić information content (AvgIpc) is 3.04. The van der Waals surface area contributed by atoms with Crippen LogP contribution in [-0.4, -0.2) is 53.9 Å². The Labute approximate surface area is 135 Å². The minimum atomic E-state index is -0.951. The highest BCUT2D eigenvalue weighted by Crippen LogP contribution is 2.26. The Morgan fingerprint density at radius 2 is 2.17 bits per heavy atom. The number of aliphatic hydroxyl groups is 1. The SMILES string of the molecule is Cc1ccn(C)c1C(=O)N1CCCC(O)(Cc2nncn2C)C1. The lowest BCUT2D eigenvalue weighted by molar-refractivity contribution is -0.0261. The maximum absolute atomic E-state index is 12.8. The van der Waals surface area contributed by atoms with Gasteiger partial charge in [0.15, 0.2) is 0 Å². The number of rotatable bonds is 3. The molecule has 1 saturated heterocycles. The quantitative estimate of drug-likeness (QED) is 0.903. The summed E-state index contributed by atoms with van der Waals surface area (Å²) in [6, 6.07) is 1.93. The van der Waals surface area contributed by atoms with E-state index in [1.807, 2.05) is 37.8 Å². The number of β-amino-alcohol motifs (C(OH)–C–C–N with tert-alkyl or cyclic N) is 1. The van der Waals surface area contributed by atoms with Gasteiger partial charge in [0.1, 0.15) is 17.8 Å². The van der Waals surface area contributed by atoms with E-state index < -0.39 is 5.60 Å². The molecule has 0 saturated carbocycles. The van der Waals surface area contributed by atoms with Gasteiger partial charge in [0.05, 0.1) is 12.1 Å². The topological polar surface area (TPSA) is 76.2 Å². The Bertz CT molecular complexity index is 700. The van der Waals surface area contributed by atoms with E-state index >= 15 is 0 Å². The van der Waals surface area contributed by atoms with Crippen LogP contribution in [0.1, 0.15) is 34.7 Å². The second-order valence-electron chi connectivity index (χ2n) is 6.55. The van der Waals surface area contributed by atoms with Gasteiger partial charge in [-0.3, -0.25) is 4.79 Å². The summed E-state index contributed by atoms with van der Waals surface area (Å²) in [5.74, 6) is 0.711. The normalized spacial score (nSPS) is 21.7. The van der Waals surface area contributed by atoms with Gasteiger partial charge in [-0.1, -0.05) is 0 Å². The molecule has 23 heavy (non-hydrogen) atoms. The molecule has 3 heterocycles. The van der Waals surface area contributed by atoms with Gasteiger partial charge < -0.3 is 19.1 Å². The second kappa shape index (κ2) is 5.81. The number of hydrogen-bond donors (Lipinski definition) is 1. The van der Waals surface area contributed by atoms with Gasteiger partial charge in [0.2, 0.25) is 0 Å². The number of hydrogen-bond acceptors (Lipinski definition) is 4. The fourth-order valence-electron chi connectivity index (χ4n) is 3.32. The van der Waals surface area contributed by atoms with Crippen LogP contribution >= 0.6 is 0 Å². The summed E-state index contributed by atoms with van der Waals surface area (Å²) in [4.78, 5) is 14.6. The standard InChI is InChI=1S/C16H23N5O2/c1-12-5-8-19(2)14(12)15(22)21-7-4-6-16(23,10-21)9-13-18-17-11-20(13)3/h5,8,11,23H,4,6-7,9-10H2,1-3H3. The maximum Gasteiger partial charge on any atom is 0.270 e. The predicted molar refractivity (Wildman–Crippen MR) is 84.9 cm³/mol. The molecule has 124 valence electrons. The lowest BCUT2D eigenvalue weighted by Gasteiger charge is -2.39. The molecule has 0 radical (unpaired) electrons. The van der Waals surface area contributed by atoms with E-state index in [1.54, 1.807) is 15.8 Å². The Morgan fingerprint density at radius 1 is 1.39 bits per heavy atom. The third-order valence-corrected chi connectivity index (χ3v) is 4.61.